The molecule has 0 bridgehead atoms. The van der Waals surface area contributed by atoms with Crippen LogP contribution in [0.5, 0.6) is 0 Å². The molecule has 40 valence electrons. The van der Waals surface area contributed by atoms with E-state index in [1.165, 1.54) is 0 Å². The van der Waals surface area contributed by atoms with Crippen molar-refractivity contribution >= 4 is 29.6 Å². The quantitative estimate of drug-likeness (QED) is 0.315. The molecule has 6 heavy (non-hydrogen) atoms. The number of rotatable bonds is 0. The van der Waals surface area contributed by atoms with Crippen LogP contribution in [0.3, 0.4) is 0 Å². The Morgan fingerprint density at radius 2 is 0.833 bits per heavy atom. The Hall–Kier alpha value is 1.50. The molecule has 0 rings (SSSR count). The molecule has 0 atom stereocenters. The third-order valence-electron chi connectivity index (χ3n) is 0. The Bertz CT molecular complexity index is 23.0. The first-order chi connectivity index (χ1) is 2.00. The molecule has 0 aromatic rings. The molecule has 0 unspecified atom stereocenters. The first-order valence-electron chi connectivity index (χ1n) is 0.566. The van der Waals surface area contributed by atoms with E-state index < -0.39 is 17.0 Å². The van der Waals surface area contributed by atoms with Crippen molar-refractivity contribution in [3.8, 4) is 0 Å². The Morgan fingerprint density at radius 1 is 0.833 bits per heavy atom. The second-order valence-corrected chi connectivity index (χ2v) is 2.24. The predicted octanol–water partition coefficient (Wildman–Crippen LogP) is -2.88. The zero-order valence-electron chi connectivity index (χ0n) is 2.11. The van der Waals surface area contributed by atoms with Gasteiger partial charge in [-0.25, -0.2) is 0 Å². The monoisotopic (exact) mass is 198 g/mol. The Balaban J connectivity index is 0. The van der Waals surface area contributed by atoms with Gasteiger partial charge < -0.3 is 0 Å². The second-order valence-electron chi connectivity index (χ2n) is 0.379. The summed E-state index contributed by atoms with van der Waals surface area (Å²) < 4.78 is 29.4. The summed E-state index contributed by atoms with van der Waals surface area (Å²) in [4.78, 5) is 0. The van der Waals surface area contributed by atoms with Crippen molar-refractivity contribution in [2.75, 3.05) is 0 Å². The molecular formula is H5NaO4Pd. The van der Waals surface area contributed by atoms with Crippen LogP contribution in [0.15, 0.2) is 0 Å². The van der Waals surface area contributed by atoms with Gasteiger partial charge in [0, 0.05) is 0 Å². The third kappa shape index (κ3) is 49.4. The van der Waals surface area contributed by atoms with Gasteiger partial charge >= 0.3 is 61.9 Å². The van der Waals surface area contributed by atoms with Crippen LogP contribution in [-0.4, -0.2) is 44.9 Å². The van der Waals surface area contributed by atoms with Crippen molar-refractivity contribution in [2.45, 2.75) is 0 Å². The Morgan fingerprint density at radius 3 is 0.833 bits per heavy atom. The van der Waals surface area contributed by atoms with E-state index in [1.54, 1.807) is 0 Å². The van der Waals surface area contributed by atoms with E-state index in [4.69, 9.17) is 15.3 Å². The summed E-state index contributed by atoms with van der Waals surface area (Å²) in [6.07, 6.45) is 0. The van der Waals surface area contributed by atoms with Crippen LogP contribution in [0.25, 0.3) is 0 Å². The van der Waals surface area contributed by atoms with Crippen molar-refractivity contribution in [1.82, 2.24) is 0 Å². The molecule has 6 heteroatoms. The predicted molar refractivity (Wildman–Crippen MR) is 16.0 cm³/mol. The first kappa shape index (κ1) is 10.5. The maximum absolute atomic E-state index is 7.34. The van der Waals surface area contributed by atoms with E-state index in [0.29, 0.717) is 0 Å². The topological polar surface area (TPSA) is 80.9 Å². The van der Waals surface area contributed by atoms with E-state index in [1.807, 2.05) is 0 Å². The van der Waals surface area contributed by atoms with E-state index in [2.05, 4.69) is 0 Å². The minimum atomic E-state index is -4.70. The average Bonchev–Trinajstić information content (AvgIpc) is 0.722. The van der Waals surface area contributed by atoms with Crippen molar-refractivity contribution < 1.29 is 32.3 Å². The molecule has 0 aliphatic rings. The van der Waals surface area contributed by atoms with Crippen LogP contribution in [0.1, 0.15) is 0 Å². The zero-order valence-corrected chi connectivity index (χ0v) is 3.66. The van der Waals surface area contributed by atoms with Crippen LogP contribution in [0.2, 0.25) is 0 Å². The van der Waals surface area contributed by atoms with Gasteiger partial charge in [0.25, 0.3) is 0 Å². The Kier molecular flexibility index (Phi) is 6.11. The van der Waals surface area contributed by atoms with Crippen molar-refractivity contribution in [1.29, 1.82) is 0 Å². The molecule has 0 aromatic carbocycles. The van der Waals surface area contributed by atoms with E-state index in [-0.39, 0.29) is 29.6 Å². The summed E-state index contributed by atoms with van der Waals surface area (Å²) in [7, 11) is 0. The number of hydrogen-bond acceptors (Lipinski definition) is 4. The molecule has 4 N–H and O–H groups in total. The average molecular weight is 198 g/mol. The molecule has 0 aliphatic heterocycles. The fourth-order valence-corrected chi connectivity index (χ4v) is 0. The minimum absolute atomic E-state index is 0. The molecular weight excluding hydrogens is 193 g/mol. The van der Waals surface area contributed by atoms with Crippen LogP contribution in [0, 0.1) is 0 Å². The zero-order chi connectivity index (χ0) is 4.50. The van der Waals surface area contributed by atoms with Gasteiger partial charge in [-0.1, -0.05) is 0 Å². The van der Waals surface area contributed by atoms with Gasteiger partial charge in [-0.15, -0.1) is 0 Å². The van der Waals surface area contributed by atoms with E-state index >= 15 is 0 Å². The normalized spacial score (nSPS) is 12.7. The van der Waals surface area contributed by atoms with Gasteiger partial charge in [0.2, 0.25) is 0 Å². The van der Waals surface area contributed by atoms with E-state index in [9.17, 15) is 0 Å². The van der Waals surface area contributed by atoms with E-state index in [0.717, 1.165) is 0 Å². The number of hydrogen-bond donors (Lipinski definition) is 4. The third-order valence-corrected chi connectivity index (χ3v) is 0. The molecule has 0 radical (unpaired) electrons. The van der Waals surface area contributed by atoms with Crippen molar-refractivity contribution in [3.05, 3.63) is 0 Å². The fraction of sp³-hybridized carbons (Fsp3) is 0. The molecule has 0 spiro atoms. The molecule has 0 fully saturated rings. The van der Waals surface area contributed by atoms with Crippen LogP contribution >= 0.6 is 0 Å². The summed E-state index contributed by atoms with van der Waals surface area (Å²) in [5, 5.41) is 0. The van der Waals surface area contributed by atoms with Gasteiger partial charge in [-0.3, -0.25) is 0 Å². The second kappa shape index (κ2) is 3.50. The molecule has 0 heterocycles. The molecule has 0 aromatic heterocycles. The summed E-state index contributed by atoms with van der Waals surface area (Å²) in [5.41, 5.74) is 0. The maximum atomic E-state index is 7.34. The molecule has 0 saturated carbocycles. The first-order valence-corrected chi connectivity index (χ1v) is 3.35. The standard InChI is InChI=1S/Na.4H2O.Pd.H/h;4*1H2;;/q;;;;;+4;/p-4. The van der Waals surface area contributed by atoms with Gasteiger partial charge in [-0.2, -0.15) is 0 Å². The van der Waals surface area contributed by atoms with Gasteiger partial charge in [0.05, 0.1) is 0 Å². The summed E-state index contributed by atoms with van der Waals surface area (Å²) >= 11 is -4.70. The summed E-state index contributed by atoms with van der Waals surface area (Å²) in [5.74, 6) is 0. The van der Waals surface area contributed by atoms with Crippen LogP contribution in [0.4, 0.5) is 0 Å². The van der Waals surface area contributed by atoms with Crippen molar-refractivity contribution in [2.24, 2.45) is 0 Å². The summed E-state index contributed by atoms with van der Waals surface area (Å²) in [6.45, 7) is 0. The molecule has 0 aliphatic carbocycles. The molecule has 0 amide bonds. The summed E-state index contributed by atoms with van der Waals surface area (Å²) in [6, 6.07) is 0. The van der Waals surface area contributed by atoms with Gasteiger partial charge in [0.15, 0.2) is 0 Å². The van der Waals surface area contributed by atoms with Crippen LogP contribution < -0.4 is 0 Å². The fourth-order valence-electron chi connectivity index (χ4n) is 0. The molecule has 4 nitrogen and oxygen atoms in total. The Labute approximate surface area is 61.5 Å². The van der Waals surface area contributed by atoms with Crippen molar-refractivity contribution in [3.63, 3.8) is 0 Å². The molecule has 0 saturated heterocycles. The van der Waals surface area contributed by atoms with Crippen LogP contribution in [-0.2, 0) is 17.0 Å². The SMILES string of the molecule is [NaH].[OH][Pd]([OH])([OH])[OH]. The van der Waals surface area contributed by atoms with Gasteiger partial charge in [-0.05, 0) is 0 Å². The van der Waals surface area contributed by atoms with Gasteiger partial charge in [0.1, 0.15) is 0 Å².